The van der Waals surface area contributed by atoms with Gasteiger partial charge in [0, 0.05) is 34.9 Å². The molecule has 5 heterocycles. The minimum Gasteiger partial charge on any atom is -0.458 e. The Labute approximate surface area is 347 Å². The van der Waals surface area contributed by atoms with Gasteiger partial charge in [-0.25, -0.2) is 14.0 Å². The number of amides is 1. The molecule has 324 valence electrons. The summed E-state index contributed by atoms with van der Waals surface area (Å²) >= 11 is 1.29. The van der Waals surface area contributed by atoms with E-state index >= 15 is 4.39 Å². The second-order valence-electron chi connectivity index (χ2n) is 16.2. The summed E-state index contributed by atoms with van der Waals surface area (Å²) in [5, 5.41) is 14.2. The zero-order valence-electron chi connectivity index (χ0n) is 34.9. The third-order valence-corrected chi connectivity index (χ3v) is 12.5. The van der Waals surface area contributed by atoms with Crippen molar-refractivity contribution in [2.75, 3.05) is 20.7 Å². The molecule has 13 atom stereocenters. The number of ether oxygens (including phenoxy) is 6. The number of hydrogen-bond acceptors (Lipinski definition) is 15. The second-order valence-corrected chi connectivity index (χ2v) is 17.3. The van der Waals surface area contributed by atoms with Crippen molar-refractivity contribution in [2.24, 2.45) is 23.7 Å². The van der Waals surface area contributed by atoms with Gasteiger partial charge in [0.1, 0.15) is 48.0 Å². The van der Waals surface area contributed by atoms with E-state index in [4.69, 9.17) is 28.4 Å². The van der Waals surface area contributed by atoms with Gasteiger partial charge in [0.25, 0.3) is 0 Å². The highest BCUT2D eigenvalue weighted by Gasteiger charge is 2.53. The average molecular weight is 846 g/mol. The van der Waals surface area contributed by atoms with Crippen LogP contribution in [0.4, 0.5) is 14.0 Å². The van der Waals surface area contributed by atoms with Crippen LogP contribution in [0.25, 0.3) is 16.6 Å². The Morgan fingerprint density at radius 1 is 1.07 bits per heavy atom. The quantitative estimate of drug-likeness (QED) is 0.177. The number of thiophene rings is 1. The van der Waals surface area contributed by atoms with Crippen LogP contribution >= 0.6 is 11.3 Å². The highest BCUT2D eigenvalue weighted by atomic mass is 32.1. The number of carbonyl (C=O) groups excluding carboxylic acids is 5. The minimum atomic E-state index is -1.92. The smallest absolute Gasteiger partial charge is 0.458 e. The molecule has 3 fully saturated rings. The van der Waals surface area contributed by atoms with Gasteiger partial charge in [-0.15, -0.1) is 11.3 Å². The number of hydrogen-bond donors (Lipinski definition) is 2. The van der Waals surface area contributed by atoms with Crippen molar-refractivity contribution in [3.63, 3.8) is 0 Å². The van der Waals surface area contributed by atoms with Gasteiger partial charge in [-0.1, -0.05) is 33.8 Å². The van der Waals surface area contributed by atoms with Gasteiger partial charge in [-0.2, -0.15) is 0 Å². The molecular formula is C42H56FN3O12S. The largest absolute Gasteiger partial charge is 0.509 e. The van der Waals surface area contributed by atoms with E-state index in [-0.39, 0.29) is 18.6 Å². The Bertz CT molecular complexity index is 1860. The van der Waals surface area contributed by atoms with Crippen molar-refractivity contribution in [1.29, 1.82) is 0 Å². The highest BCUT2D eigenvalue weighted by molar-refractivity contribution is 7.16. The second kappa shape index (κ2) is 19.4. The first-order valence-corrected chi connectivity index (χ1v) is 20.8. The number of alkyl carbamates (subject to hydrolysis) is 1. The van der Waals surface area contributed by atoms with Crippen LogP contribution in [0.1, 0.15) is 72.6 Å². The molecule has 15 nitrogen and oxygen atoms in total. The fourth-order valence-corrected chi connectivity index (χ4v) is 9.16. The molecule has 0 saturated carbocycles. The summed E-state index contributed by atoms with van der Waals surface area (Å²) in [4.78, 5) is 75.9. The number of aromatic nitrogens is 1. The Kier molecular flexibility index (Phi) is 15.1. The Morgan fingerprint density at radius 3 is 2.46 bits per heavy atom. The third-order valence-electron chi connectivity index (χ3n) is 11.4. The Hall–Kier alpha value is -4.29. The zero-order chi connectivity index (χ0) is 43.3. The summed E-state index contributed by atoms with van der Waals surface area (Å²) in [5.74, 6) is -7.19. The summed E-state index contributed by atoms with van der Waals surface area (Å²) in [6, 6.07) is 7.63. The molecule has 0 aromatic carbocycles. The first-order valence-electron chi connectivity index (χ1n) is 20.0. The molecule has 3 aliphatic rings. The lowest BCUT2D eigenvalue weighted by molar-refractivity contribution is -0.293. The number of rotatable bonds is 9. The normalized spacial score (nSPS) is 34.9. The molecule has 0 bridgehead atoms. The van der Waals surface area contributed by atoms with Crippen LogP contribution in [-0.2, 0) is 42.8 Å². The van der Waals surface area contributed by atoms with Crippen LogP contribution in [-0.4, -0.2) is 120 Å². The van der Waals surface area contributed by atoms with Gasteiger partial charge in [0.2, 0.25) is 0 Å². The number of ketones is 2. The molecule has 2 aromatic rings. The predicted octanol–water partition coefficient (Wildman–Crippen LogP) is 5.73. The molecule has 2 N–H and O–H groups in total. The molecule has 0 aliphatic carbocycles. The number of fused-ring (bicyclic) bond motifs is 1. The number of halogens is 1. The van der Waals surface area contributed by atoms with E-state index in [9.17, 15) is 29.1 Å². The molecule has 0 radical (unpaired) electrons. The molecule has 17 heteroatoms. The summed E-state index contributed by atoms with van der Waals surface area (Å²) in [6.45, 7) is 10.2. The molecule has 2 aromatic heterocycles. The number of Topliss-reactive ketones (excluding diaryl/α,β-unsaturated/α-hetero) is 2. The van der Waals surface area contributed by atoms with E-state index in [1.807, 2.05) is 17.0 Å². The lowest BCUT2D eigenvalue weighted by Crippen LogP contribution is -2.60. The van der Waals surface area contributed by atoms with Crippen LogP contribution < -0.4 is 5.32 Å². The van der Waals surface area contributed by atoms with E-state index in [1.165, 1.54) is 38.2 Å². The van der Waals surface area contributed by atoms with Crippen molar-refractivity contribution in [2.45, 2.75) is 122 Å². The molecule has 0 spiro atoms. The number of nitrogens with zero attached hydrogens (tertiary/aromatic N) is 2. The third kappa shape index (κ3) is 10.7. The summed E-state index contributed by atoms with van der Waals surface area (Å²) in [5.41, 5.74) is -1.20. The highest BCUT2D eigenvalue weighted by Crippen LogP contribution is 2.39. The molecule has 3 aliphatic heterocycles. The molecule has 3 saturated heterocycles. The summed E-state index contributed by atoms with van der Waals surface area (Å²) < 4.78 is 50.5. The first-order chi connectivity index (χ1) is 27.8. The van der Waals surface area contributed by atoms with Gasteiger partial charge in [-0.3, -0.25) is 19.4 Å². The topological polar surface area (TPSA) is 189 Å². The number of nitrogens with one attached hydrogen (secondary N) is 1. The van der Waals surface area contributed by atoms with E-state index < -0.39 is 115 Å². The maximum absolute atomic E-state index is 15.3. The monoisotopic (exact) mass is 845 g/mol. The van der Waals surface area contributed by atoms with E-state index in [0.29, 0.717) is 11.3 Å². The van der Waals surface area contributed by atoms with Crippen molar-refractivity contribution < 1.29 is 61.9 Å². The lowest BCUT2D eigenvalue weighted by atomic mass is 9.75. The first kappa shape index (κ1) is 45.8. The molecule has 2 unspecified atom stereocenters. The number of aliphatic hydroxyl groups is 1. The zero-order valence-corrected chi connectivity index (χ0v) is 35.7. The molecule has 1 amide bonds. The number of esters is 1. The maximum atomic E-state index is 15.3. The van der Waals surface area contributed by atoms with Gasteiger partial charge in [0.05, 0.1) is 22.7 Å². The molecule has 59 heavy (non-hydrogen) atoms. The summed E-state index contributed by atoms with van der Waals surface area (Å²) in [6.07, 6.45) is -5.34. The average Bonchev–Trinajstić information content (AvgIpc) is 3.83. The van der Waals surface area contributed by atoms with Crippen LogP contribution in [0.2, 0.25) is 0 Å². The predicted molar refractivity (Wildman–Crippen MR) is 213 cm³/mol. The number of pyridine rings is 1. The van der Waals surface area contributed by atoms with Crippen LogP contribution in [0, 0.1) is 23.7 Å². The fraction of sp³-hybridized carbons (Fsp3) is 0.619. The molecular weight excluding hydrogens is 790 g/mol. The van der Waals surface area contributed by atoms with Crippen molar-refractivity contribution >= 4 is 47.2 Å². The van der Waals surface area contributed by atoms with Crippen LogP contribution in [0.5, 0.6) is 0 Å². The van der Waals surface area contributed by atoms with Gasteiger partial charge in [-0.05, 0) is 84.5 Å². The Morgan fingerprint density at radius 2 is 1.80 bits per heavy atom. The van der Waals surface area contributed by atoms with E-state index in [0.717, 1.165) is 10.6 Å². The van der Waals surface area contributed by atoms with Crippen molar-refractivity contribution in [3.05, 3.63) is 47.2 Å². The maximum Gasteiger partial charge on any atom is 0.509 e. The number of aliphatic hydroxyl groups excluding tert-OH is 1. The number of likely N-dealkylation sites (N-methyl/N-ethyl adjacent to an activating group) is 1. The van der Waals surface area contributed by atoms with Gasteiger partial charge < -0.3 is 43.7 Å². The summed E-state index contributed by atoms with van der Waals surface area (Å²) in [7, 11) is 3.58. The number of cyclic esters (lactones) is 1. The van der Waals surface area contributed by atoms with E-state index in [1.54, 1.807) is 66.2 Å². The lowest BCUT2D eigenvalue weighted by Gasteiger charge is -2.46. The SMILES string of the molecule is CC[C@H]1OC(=O)[C@H](C)C(=O)[C@H](C)C(OC2O[C@H](C)C[C@H](N(C)C)[C@H]2O)[C@](C)(OC(=O)OC/C(F)=C/c2ccc(-c3ccccn3)s2)C[C@@H](C)C(=O)[C@H](C)[C@@H]2NC(=O)O[C@@H]21. The van der Waals surface area contributed by atoms with Crippen LogP contribution in [0.3, 0.4) is 0 Å². The van der Waals surface area contributed by atoms with Crippen LogP contribution in [0.15, 0.2) is 42.4 Å². The number of carbonyl (C=O) groups is 5. The minimum absolute atomic E-state index is 0.214. The fourth-order valence-electron chi connectivity index (χ4n) is 8.22. The standard InChI is InChI=1S/C42H56FN3O12S/c1-10-30-36-32(45-40(51)56-36)23(4)33(47)21(2)19-42(7,58-41(52)53-20-26(43)18-27-14-15-31(59-27)28-13-11-12-16-44-28)37(24(5)34(48)25(6)38(50)55-30)57-39-35(49)29(46(8)9)17-22(3)54-39/h11-16,18,21-25,29-30,32,35-37,39,49H,10,17,19-20H2,1-9H3,(H,45,51)/b26-18-/t21-,22-,23-,24+,25-,29+,30-,32+,35-,36-,37?,39?,42-/m1/s1. The molecule has 5 rings (SSSR count). The van der Waals surface area contributed by atoms with Gasteiger partial charge >= 0.3 is 18.2 Å². The van der Waals surface area contributed by atoms with E-state index in [2.05, 4.69) is 10.3 Å². The van der Waals surface area contributed by atoms with Crippen molar-refractivity contribution in [3.8, 4) is 10.6 Å². The van der Waals surface area contributed by atoms with Gasteiger partial charge in [0.15, 0.2) is 18.2 Å². The van der Waals surface area contributed by atoms with Crippen molar-refractivity contribution in [1.82, 2.24) is 15.2 Å². The Balaban J connectivity index is 1.49.